The van der Waals surface area contributed by atoms with Crippen LogP contribution in [0.3, 0.4) is 0 Å². The lowest BCUT2D eigenvalue weighted by Gasteiger charge is -2.26. The van der Waals surface area contributed by atoms with E-state index in [1.165, 1.54) is 206 Å². The Labute approximate surface area is 782 Å². The molecule has 8 aromatic rings. The number of halogens is 4. The normalized spacial score (nSPS) is 22.9. The fraction of sp³-hybridized carbons (Fsp3) is 0.727. The van der Waals surface area contributed by atoms with Crippen molar-refractivity contribution < 1.29 is 111 Å². The number of hydrogen-bond acceptors (Lipinski definition) is 20. The van der Waals surface area contributed by atoms with Gasteiger partial charge in [-0.1, -0.05) is 51.4 Å². The predicted octanol–water partition coefficient (Wildman–Crippen LogP) is 3.26. The van der Waals surface area contributed by atoms with Crippen molar-refractivity contribution in [1.29, 1.82) is 0 Å². The summed E-state index contributed by atoms with van der Waals surface area (Å²) in [5.74, 6) is 0. The van der Waals surface area contributed by atoms with Crippen molar-refractivity contribution in [1.82, 2.24) is 79.1 Å². The molecule has 132 heavy (non-hydrogen) atoms. The van der Waals surface area contributed by atoms with Crippen molar-refractivity contribution in [2.75, 3.05) is 52.4 Å². The van der Waals surface area contributed by atoms with Gasteiger partial charge >= 0.3 is 0 Å². The molecule has 36 nitrogen and oxygen atoms in total. The topological polar surface area (TPSA) is 419 Å². The largest absolute Gasteiger partial charge is 0.786 e. The first kappa shape index (κ1) is 116. The Morgan fingerprint density at radius 2 is 0.311 bits per heavy atom. The Kier molecular flexibility index (Phi) is 53.2. The highest BCUT2D eigenvalue weighted by Crippen LogP contribution is 2.26. The minimum absolute atomic E-state index is 0.566. The van der Waals surface area contributed by atoms with E-state index < -0.39 is 31.6 Å². The Hall–Kier alpha value is -6.32. The van der Waals surface area contributed by atoms with Gasteiger partial charge < -0.3 is 99.9 Å². The summed E-state index contributed by atoms with van der Waals surface area (Å²) in [4.78, 5) is 67.5. The molecule has 8 aromatic heterocycles. The van der Waals surface area contributed by atoms with Crippen LogP contribution in [0.2, 0.25) is 0 Å². The number of imidazole rings is 8. The van der Waals surface area contributed by atoms with Gasteiger partial charge in [0.05, 0.1) is 56.4 Å². The molecule has 8 saturated heterocycles. The minimum Gasteiger partial charge on any atom is -0.786 e. The van der Waals surface area contributed by atoms with Crippen LogP contribution in [-0.4, -0.2) is 137 Å². The smallest absolute Gasteiger partial charge is 0.243 e. The molecule has 8 aliphatic rings. The zero-order valence-corrected chi connectivity index (χ0v) is 84.7. The highest BCUT2D eigenvalue weighted by molar-refractivity contribution is 7.43. The summed E-state index contributed by atoms with van der Waals surface area (Å²) in [6.45, 7) is 27.8. The van der Waals surface area contributed by atoms with Gasteiger partial charge in [0.25, 0.3) is 0 Å². The Balaban J connectivity index is 0.000000259. The zero-order chi connectivity index (χ0) is 97.7. The first-order chi connectivity index (χ1) is 62.2. The van der Waals surface area contributed by atoms with E-state index in [2.05, 4.69) is 377 Å². The van der Waals surface area contributed by atoms with Crippen molar-refractivity contribution in [2.24, 2.45) is 56.4 Å². The van der Waals surface area contributed by atoms with Gasteiger partial charge in [-0.05, 0) is 210 Å². The lowest BCUT2D eigenvalue weighted by Crippen LogP contribution is -2.50. The van der Waals surface area contributed by atoms with Gasteiger partial charge in [0.15, 0.2) is 0 Å². The van der Waals surface area contributed by atoms with Crippen LogP contribution in [0.4, 0.5) is 16.8 Å². The summed E-state index contributed by atoms with van der Waals surface area (Å²) in [5.41, 5.74) is 0. The van der Waals surface area contributed by atoms with E-state index in [-0.39, 0.29) is 0 Å². The van der Waals surface area contributed by atoms with Crippen molar-refractivity contribution in [3.8, 4) is 0 Å². The molecule has 0 aliphatic carbocycles. The second-order valence-corrected chi connectivity index (χ2v) is 39.8. The third-order valence-corrected chi connectivity index (χ3v) is 25.5. The van der Waals surface area contributed by atoms with E-state index in [0.29, 0.717) is 96.7 Å². The van der Waals surface area contributed by atoms with Crippen LogP contribution in [0.1, 0.15) is 258 Å². The van der Waals surface area contributed by atoms with E-state index in [4.69, 9.17) is 57.4 Å². The Morgan fingerprint density at radius 3 is 0.371 bits per heavy atom. The van der Waals surface area contributed by atoms with Crippen LogP contribution in [-0.2, 0) is 74.6 Å². The minimum atomic E-state index is -5.64. The highest BCUT2D eigenvalue weighted by Gasteiger charge is 2.32. The third-order valence-electron chi connectivity index (χ3n) is 25.5. The fourth-order valence-corrected chi connectivity index (χ4v) is 17.7. The summed E-state index contributed by atoms with van der Waals surface area (Å²) in [5, 5.41) is 28.8. The summed E-state index contributed by atoms with van der Waals surface area (Å²) in [6.07, 6.45) is 83.4. The number of nitrogens with zero attached hydrogens (tertiary/aromatic N) is 16. The molecule has 8 N–H and O–H groups in total. The summed E-state index contributed by atoms with van der Waals surface area (Å²) in [6, 6.07) is 9.72. The molecular weight excluding hydrogens is 1790 g/mol. The highest BCUT2D eigenvalue weighted by atomic mass is 31.2. The summed E-state index contributed by atoms with van der Waals surface area (Å²) < 4.78 is 109. The van der Waals surface area contributed by atoms with Crippen LogP contribution in [0, 0.1) is 0 Å². The first-order valence-electron chi connectivity index (χ1n) is 47.1. The molecule has 8 aliphatic heterocycles. The maximum atomic E-state index is 10.1. The molecule has 16 atom stereocenters. The number of rotatable bonds is 16. The van der Waals surface area contributed by atoms with Crippen LogP contribution in [0.15, 0.2) is 150 Å². The van der Waals surface area contributed by atoms with Crippen LogP contribution >= 0.6 is 31.6 Å². The second kappa shape index (κ2) is 60.4. The molecule has 16 rings (SSSR count). The fourth-order valence-electron chi connectivity index (χ4n) is 17.7. The SMILES string of the molecule is CC(C1CCCCN1)[n+]1ccn(C)c1.CC(C1CCCCN1)[n+]1ccn(C)c1.CC(C1CCCCN1)[n+]1ccn(C)c1.CC(C1CCCCN1)[n+]1ccn(C)c1.CC(C1CCCCN1)[n+]1ccn(C)c1.CC(C1CCCCN1)[n+]1ccn(C)c1.CC(C1CCCCN1)[n+]1ccn(C)c1.CC(C1CCCCN1)[n+]1ccn(C)c1.O=P([O-])([O-])F.O=P([O-])([O-])F.O=P([O-])([O-])F.O=P([O-])([O-])F. The number of aromatic nitrogens is 16. The standard InChI is InChI=1S/8C11H20N3.4FH2O3P/c8*1-10(11-5-3-4-6-12-11)14-8-7-13(2)9-14;4*1-5(2,3)4/h8*7-12H,3-6H2,1-2H3;4*(H2,2,3,4)/q8*+1;;;;/p-8. The predicted molar refractivity (Wildman–Crippen MR) is 483 cm³/mol. The molecule has 0 amide bonds. The average Bonchev–Trinajstić information content (AvgIpc) is 1.79. The molecule has 44 heteroatoms. The molecular formula is C88H160F4N24O12P4. The van der Waals surface area contributed by atoms with Gasteiger partial charge in [-0.25, -0.2) is 89.9 Å². The van der Waals surface area contributed by atoms with Crippen LogP contribution in [0.5, 0.6) is 0 Å². The monoisotopic (exact) mass is 1950 g/mol. The number of nitrogens with one attached hydrogen (secondary N) is 8. The maximum Gasteiger partial charge on any atom is 0.243 e. The Morgan fingerprint density at radius 1 is 0.220 bits per heavy atom. The van der Waals surface area contributed by atoms with Crippen molar-refractivity contribution in [3.05, 3.63) is 150 Å². The number of piperidine rings is 8. The lowest BCUT2D eigenvalue weighted by molar-refractivity contribution is -0.722. The first-order valence-corrected chi connectivity index (χ1v) is 52.9. The molecule has 16 unspecified atom stereocenters. The number of aryl methyl sites for hydroxylation is 8. The lowest BCUT2D eigenvalue weighted by atomic mass is 9.99. The molecule has 0 bridgehead atoms. The summed E-state index contributed by atoms with van der Waals surface area (Å²) >= 11 is 0. The Bertz CT molecular complexity index is 3720. The van der Waals surface area contributed by atoms with Gasteiger partial charge in [-0.15, -0.1) is 0 Å². The van der Waals surface area contributed by atoms with Gasteiger partial charge in [0.1, 0.15) is 179 Å². The number of hydrogen-bond donors (Lipinski definition) is 8. The van der Waals surface area contributed by atoms with Gasteiger partial charge in [0.2, 0.25) is 50.6 Å². The molecule has 16 heterocycles. The maximum absolute atomic E-state index is 10.1. The molecule has 0 saturated carbocycles. The van der Waals surface area contributed by atoms with Crippen LogP contribution in [0.25, 0.3) is 0 Å². The molecule has 8 fully saturated rings. The van der Waals surface area contributed by atoms with E-state index in [0.717, 1.165) is 0 Å². The van der Waals surface area contributed by atoms with Gasteiger partial charge in [-0.2, -0.15) is 0 Å². The molecule has 0 spiro atoms. The quantitative estimate of drug-likeness (QED) is 0.0391. The average molecular weight is 1950 g/mol. The second-order valence-electron chi connectivity index (χ2n) is 36.3. The van der Waals surface area contributed by atoms with E-state index >= 15 is 0 Å². The molecule has 0 radical (unpaired) electrons. The van der Waals surface area contributed by atoms with Crippen LogP contribution < -0.4 is 118 Å². The van der Waals surface area contributed by atoms with Crippen molar-refractivity contribution >= 4 is 31.6 Å². The third kappa shape index (κ3) is 49.6. The van der Waals surface area contributed by atoms with E-state index in [9.17, 15) is 16.8 Å². The molecule has 752 valence electrons. The van der Waals surface area contributed by atoms with Gasteiger partial charge in [-0.3, -0.25) is 0 Å². The molecule has 0 aromatic carbocycles. The van der Waals surface area contributed by atoms with Crippen molar-refractivity contribution in [3.63, 3.8) is 0 Å². The zero-order valence-electron chi connectivity index (χ0n) is 81.1. The van der Waals surface area contributed by atoms with Gasteiger partial charge in [0, 0.05) is 48.3 Å². The van der Waals surface area contributed by atoms with Crippen molar-refractivity contribution in [2.45, 2.75) is 306 Å². The van der Waals surface area contributed by atoms with E-state index in [1.807, 2.05) is 0 Å². The van der Waals surface area contributed by atoms with E-state index in [1.54, 1.807) is 0 Å². The summed E-state index contributed by atoms with van der Waals surface area (Å²) in [7, 11) is -6.02.